The van der Waals surface area contributed by atoms with Crippen molar-refractivity contribution in [3.05, 3.63) is 89.4 Å². The number of carbonyl (C=O) groups excluding carboxylic acids is 2. The number of unbranched alkanes of at least 4 members (excludes halogenated alkanes) is 1. The van der Waals surface area contributed by atoms with Gasteiger partial charge in [0.1, 0.15) is 18.3 Å². The van der Waals surface area contributed by atoms with Gasteiger partial charge in [-0.05, 0) is 67.8 Å². The Balaban J connectivity index is 2.01. The summed E-state index contributed by atoms with van der Waals surface area (Å²) in [5.41, 5.74) is 0.982. The lowest BCUT2D eigenvalue weighted by Gasteiger charge is -2.33. The van der Waals surface area contributed by atoms with Crippen molar-refractivity contribution in [2.45, 2.75) is 57.5 Å². The molecule has 10 heteroatoms. The van der Waals surface area contributed by atoms with Gasteiger partial charge in [0.25, 0.3) is 10.0 Å². The van der Waals surface area contributed by atoms with Crippen LogP contribution >= 0.6 is 11.6 Å². The largest absolute Gasteiger partial charge is 0.494 e. The molecule has 2 amide bonds. The van der Waals surface area contributed by atoms with Gasteiger partial charge in [0.15, 0.2) is 0 Å². The minimum absolute atomic E-state index is 0.0135. The van der Waals surface area contributed by atoms with E-state index in [1.165, 1.54) is 17.0 Å². The van der Waals surface area contributed by atoms with Crippen LogP contribution in [0.4, 0.5) is 5.69 Å². The van der Waals surface area contributed by atoms with E-state index in [-0.39, 0.29) is 17.3 Å². The molecular formula is C31H38ClN3O5S. The normalized spacial score (nSPS) is 11.9. The first kappa shape index (κ1) is 32.0. The summed E-state index contributed by atoms with van der Waals surface area (Å²) in [5.74, 6) is -0.276. The van der Waals surface area contributed by atoms with Gasteiger partial charge in [-0.15, -0.1) is 0 Å². The van der Waals surface area contributed by atoms with Crippen LogP contribution in [0.1, 0.15) is 45.6 Å². The molecule has 0 spiro atoms. The molecule has 0 aliphatic heterocycles. The number of amides is 2. The number of hydrogen-bond donors (Lipinski definition) is 1. The third-order valence-electron chi connectivity index (χ3n) is 6.56. The van der Waals surface area contributed by atoms with Crippen LogP contribution in [0.15, 0.2) is 83.8 Å². The second-order valence-electron chi connectivity index (χ2n) is 9.43. The molecule has 0 saturated heterocycles. The van der Waals surface area contributed by atoms with Crippen LogP contribution in [0.25, 0.3) is 0 Å². The molecule has 0 radical (unpaired) electrons. The molecular weight excluding hydrogens is 562 g/mol. The van der Waals surface area contributed by atoms with Gasteiger partial charge in [-0.1, -0.05) is 68.3 Å². The fourth-order valence-electron chi connectivity index (χ4n) is 4.36. The van der Waals surface area contributed by atoms with Gasteiger partial charge in [0.05, 0.1) is 17.2 Å². The smallest absolute Gasteiger partial charge is 0.264 e. The van der Waals surface area contributed by atoms with E-state index in [9.17, 15) is 18.0 Å². The Morgan fingerprint density at radius 2 is 1.59 bits per heavy atom. The van der Waals surface area contributed by atoms with Crippen LogP contribution in [0.5, 0.6) is 5.75 Å². The topological polar surface area (TPSA) is 96.0 Å². The number of nitrogens with zero attached hydrogens (tertiary/aromatic N) is 2. The molecule has 0 saturated carbocycles. The fraction of sp³-hybridized carbons (Fsp3) is 0.355. The number of sulfonamides is 1. The summed E-state index contributed by atoms with van der Waals surface area (Å²) >= 11 is 6.44. The highest BCUT2D eigenvalue weighted by molar-refractivity contribution is 7.92. The first-order valence-electron chi connectivity index (χ1n) is 13.8. The monoisotopic (exact) mass is 599 g/mol. The lowest BCUT2D eigenvalue weighted by Crippen LogP contribution is -2.52. The maximum atomic E-state index is 14.1. The summed E-state index contributed by atoms with van der Waals surface area (Å²) in [6.45, 7) is 6.16. The van der Waals surface area contributed by atoms with E-state index in [0.29, 0.717) is 41.6 Å². The highest BCUT2D eigenvalue weighted by Crippen LogP contribution is 2.26. The summed E-state index contributed by atoms with van der Waals surface area (Å²) in [5, 5.41) is 3.37. The molecule has 3 aromatic carbocycles. The maximum absolute atomic E-state index is 14.1. The Morgan fingerprint density at radius 3 is 2.20 bits per heavy atom. The van der Waals surface area contributed by atoms with Crippen molar-refractivity contribution in [2.24, 2.45) is 0 Å². The molecule has 0 aliphatic rings. The third-order valence-corrected chi connectivity index (χ3v) is 8.72. The number of carbonyl (C=O) groups is 2. The molecule has 3 aromatic rings. The van der Waals surface area contributed by atoms with Crippen molar-refractivity contribution in [3.8, 4) is 5.75 Å². The van der Waals surface area contributed by atoms with Crippen LogP contribution in [-0.2, 0) is 26.2 Å². The average molecular weight is 600 g/mol. The number of anilines is 1. The molecule has 1 atom stereocenters. The Morgan fingerprint density at radius 1 is 0.927 bits per heavy atom. The number of benzene rings is 3. The predicted octanol–water partition coefficient (Wildman–Crippen LogP) is 5.66. The van der Waals surface area contributed by atoms with Gasteiger partial charge in [0.2, 0.25) is 11.8 Å². The standard InChI is InChI=1S/C31H38ClN3O5S/c1-4-7-21-33-31(37)29(5-2)34(22-24-13-11-12-16-28(24)32)30(36)23-35(25-14-9-8-10-15-25)41(38,39)27-19-17-26(18-20-27)40-6-3/h8-20,29H,4-7,21-23H2,1-3H3,(H,33,37)/t29-/m1/s1. The first-order chi connectivity index (χ1) is 19.7. The zero-order chi connectivity index (χ0) is 29.8. The van der Waals surface area contributed by atoms with Gasteiger partial charge in [-0.3, -0.25) is 13.9 Å². The van der Waals surface area contributed by atoms with Crippen LogP contribution in [0.3, 0.4) is 0 Å². The summed E-state index contributed by atoms with van der Waals surface area (Å²) in [4.78, 5) is 28.8. The van der Waals surface area contributed by atoms with Crippen LogP contribution in [-0.4, -0.2) is 50.9 Å². The number of para-hydroxylation sites is 1. The zero-order valence-electron chi connectivity index (χ0n) is 23.8. The van der Waals surface area contributed by atoms with E-state index < -0.39 is 28.5 Å². The highest BCUT2D eigenvalue weighted by Gasteiger charge is 2.33. The molecule has 3 rings (SSSR count). The number of hydrogen-bond acceptors (Lipinski definition) is 5. The molecule has 0 fully saturated rings. The molecule has 1 N–H and O–H groups in total. The van der Waals surface area contributed by atoms with Crippen molar-refractivity contribution in [2.75, 3.05) is 24.0 Å². The molecule has 0 unspecified atom stereocenters. The van der Waals surface area contributed by atoms with E-state index in [4.69, 9.17) is 16.3 Å². The summed E-state index contributed by atoms with van der Waals surface area (Å²) in [7, 11) is -4.16. The van der Waals surface area contributed by atoms with Crippen LogP contribution in [0.2, 0.25) is 5.02 Å². The van der Waals surface area contributed by atoms with Gasteiger partial charge in [0, 0.05) is 18.1 Å². The second kappa shape index (κ2) is 15.4. The number of halogens is 1. The summed E-state index contributed by atoms with van der Waals surface area (Å²) in [6, 6.07) is 20.8. The van der Waals surface area contributed by atoms with Crippen molar-refractivity contribution < 1.29 is 22.7 Å². The highest BCUT2D eigenvalue weighted by atomic mass is 35.5. The average Bonchev–Trinajstić information content (AvgIpc) is 2.97. The Hall–Kier alpha value is -3.56. The van der Waals surface area contributed by atoms with Gasteiger partial charge in [-0.25, -0.2) is 8.42 Å². The lowest BCUT2D eigenvalue weighted by atomic mass is 10.1. The molecule has 220 valence electrons. The zero-order valence-corrected chi connectivity index (χ0v) is 25.3. The predicted molar refractivity (Wildman–Crippen MR) is 163 cm³/mol. The lowest BCUT2D eigenvalue weighted by molar-refractivity contribution is -0.140. The fourth-order valence-corrected chi connectivity index (χ4v) is 5.97. The number of nitrogens with one attached hydrogen (secondary N) is 1. The number of rotatable bonds is 15. The molecule has 0 aromatic heterocycles. The number of ether oxygens (including phenoxy) is 1. The quantitative estimate of drug-likeness (QED) is 0.228. The molecule has 8 nitrogen and oxygen atoms in total. The van der Waals surface area contributed by atoms with E-state index in [1.54, 1.807) is 66.7 Å². The van der Waals surface area contributed by atoms with E-state index in [1.807, 2.05) is 20.8 Å². The second-order valence-corrected chi connectivity index (χ2v) is 11.7. The minimum atomic E-state index is -4.16. The van der Waals surface area contributed by atoms with Gasteiger partial charge in [-0.2, -0.15) is 0 Å². The third kappa shape index (κ3) is 8.47. The Bertz CT molecular complexity index is 1380. The van der Waals surface area contributed by atoms with E-state index >= 15 is 0 Å². The van der Waals surface area contributed by atoms with Crippen molar-refractivity contribution >= 4 is 39.1 Å². The maximum Gasteiger partial charge on any atom is 0.264 e. The van der Waals surface area contributed by atoms with Crippen molar-refractivity contribution in [1.82, 2.24) is 10.2 Å². The SMILES string of the molecule is CCCCNC(=O)[C@@H](CC)N(Cc1ccccc1Cl)C(=O)CN(c1ccccc1)S(=O)(=O)c1ccc(OCC)cc1. The van der Waals surface area contributed by atoms with E-state index in [0.717, 1.165) is 17.1 Å². The van der Waals surface area contributed by atoms with E-state index in [2.05, 4.69) is 5.32 Å². The Labute approximate surface area is 248 Å². The molecule has 0 bridgehead atoms. The van der Waals surface area contributed by atoms with Crippen molar-refractivity contribution in [3.63, 3.8) is 0 Å². The van der Waals surface area contributed by atoms with Gasteiger partial charge < -0.3 is 15.0 Å². The minimum Gasteiger partial charge on any atom is -0.494 e. The van der Waals surface area contributed by atoms with Gasteiger partial charge >= 0.3 is 0 Å². The summed E-state index contributed by atoms with van der Waals surface area (Å²) in [6.07, 6.45) is 2.06. The molecule has 0 aliphatic carbocycles. The Kier molecular flexibility index (Phi) is 12.0. The molecule has 41 heavy (non-hydrogen) atoms. The van der Waals surface area contributed by atoms with Crippen LogP contribution < -0.4 is 14.4 Å². The molecule has 0 heterocycles. The van der Waals surface area contributed by atoms with Crippen molar-refractivity contribution in [1.29, 1.82) is 0 Å². The van der Waals surface area contributed by atoms with Crippen LogP contribution in [0, 0.1) is 0 Å². The summed E-state index contributed by atoms with van der Waals surface area (Å²) < 4.78 is 34.4. The first-order valence-corrected chi connectivity index (χ1v) is 15.7.